The van der Waals surface area contributed by atoms with Crippen LogP contribution in [0.5, 0.6) is 0 Å². The van der Waals surface area contributed by atoms with Crippen LogP contribution in [0.25, 0.3) is 0 Å². The van der Waals surface area contributed by atoms with Crippen molar-refractivity contribution in [2.75, 3.05) is 6.54 Å². The standard InChI is InChI=1S/C10H15NO6/c12-8(13)2-1-5-11-9(14)6-3-4-7(17-6)10(15)16/h6-7H,1-5H2,(H,11,14)(H,12,13)(H,15,16). The number of carbonyl (C=O) groups is 3. The predicted octanol–water partition coefficient (Wildman–Crippen LogP) is -0.400. The minimum Gasteiger partial charge on any atom is -0.481 e. The Kier molecular flexibility index (Phi) is 4.89. The van der Waals surface area contributed by atoms with Crippen molar-refractivity contribution in [3.05, 3.63) is 0 Å². The summed E-state index contributed by atoms with van der Waals surface area (Å²) in [5, 5.41) is 19.6. The van der Waals surface area contributed by atoms with Crippen molar-refractivity contribution >= 4 is 17.8 Å². The first-order chi connectivity index (χ1) is 8.00. The van der Waals surface area contributed by atoms with Gasteiger partial charge >= 0.3 is 11.9 Å². The summed E-state index contributed by atoms with van der Waals surface area (Å²) in [4.78, 5) is 32.3. The molecule has 1 amide bonds. The van der Waals surface area contributed by atoms with E-state index in [0.717, 1.165) is 0 Å². The molecule has 1 saturated heterocycles. The molecule has 1 rings (SSSR count). The summed E-state index contributed by atoms with van der Waals surface area (Å²) in [5.74, 6) is -2.35. The number of aliphatic carboxylic acids is 2. The average Bonchev–Trinajstić information content (AvgIpc) is 2.73. The van der Waals surface area contributed by atoms with E-state index in [1.807, 2.05) is 0 Å². The predicted molar refractivity (Wildman–Crippen MR) is 55.4 cm³/mol. The Morgan fingerprint density at radius 1 is 1.18 bits per heavy atom. The van der Waals surface area contributed by atoms with Gasteiger partial charge in [0, 0.05) is 13.0 Å². The maximum absolute atomic E-state index is 11.5. The average molecular weight is 245 g/mol. The molecule has 0 aromatic rings. The number of nitrogens with one attached hydrogen (secondary N) is 1. The van der Waals surface area contributed by atoms with E-state index in [9.17, 15) is 14.4 Å². The monoisotopic (exact) mass is 245 g/mol. The van der Waals surface area contributed by atoms with Crippen molar-refractivity contribution < 1.29 is 29.3 Å². The molecule has 0 bridgehead atoms. The molecule has 0 aromatic heterocycles. The third kappa shape index (κ3) is 4.39. The summed E-state index contributed by atoms with van der Waals surface area (Å²) < 4.78 is 5.03. The van der Waals surface area contributed by atoms with Crippen molar-refractivity contribution in [3.8, 4) is 0 Å². The van der Waals surface area contributed by atoms with Gasteiger partial charge in [-0.05, 0) is 19.3 Å². The summed E-state index contributed by atoms with van der Waals surface area (Å²) >= 11 is 0. The molecule has 1 aliphatic heterocycles. The lowest BCUT2D eigenvalue weighted by atomic mass is 10.2. The zero-order chi connectivity index (χ0) is 12.8. The van der Waals surface area contributed by atoms with Crippen molar-refractivity contribution in [2.45, 2.75) is 37.9 Å². The van der Waals surface area contributed by atoms with Crippen LogP contribution in [0.3, 0.4) is 0 Å². The van der Waals surface area contributed by atoms with Gasteiger partial charge in [-0.1, -0.05) is 0 Å². The fraction of sp³-hybridized carbons (Fsp3) is 0.700. The van der Waals surface area contributed by atoms with Crippen LogP contribution in [0.4, 0.5) is 0 Å². The maximum atomic E-state index is 11.5. The topological polar surface area (TPSA) is 113 Å². The Balaban J connectivity index is 2.21. The van der Waals surface area contributed by atoms with Crippen LogP contribution in [0.2, 0.25) is 0 Å². The summed E-state index contributed by atoms with van der Waals surface area (Å²) in [7, 11) is 0. The van der Waals surface area contributed by atoms with Gasteiger partial charge in [0.1, 0.15) is 6.10 Å². The Bertz CT molecular complexity index is 316. The maximum Gasteiger partial charge on any atom is 0.332 e. The lowest BCUT2D eigenvalue weighted by molar-refractivity contribution is -0.152. The number of carbonyl (C=O) groups excluding carboxylic acids is 1. The van der Waals surface area contributed by atoms with Gasteiger partial charge in [-0.2, -0.15) is 0 Å². The van der Waals surface area contributed by atoms with E-state index in [-0.39, 0.29) is 18.9 Å². The van der Waals surface area contributed by atoms with E-state index in [2.05, 4.69) is 5.32 Å². The van der Waals surface area contributed by atoms with Crippen molar-refractivity contribution in [1.29, 1.82) is 0 Å². The van der Waals surface area contributed by atoms with Gasteiger partial charge in [0.2, 0.25) is 5.91 Å². The van der Waals surface area contributed by atoms with Crippen molar-refractivity contribution in [3.63, 3.8) is 0 Å². The first-order valence-electron chi connectivity index (χ1n) is 5.38. The number of amides is 1. The van der Waals surface area contributed by atoms with Crippen LogP contribution in [0.1, 0.15) is 25.7 Å². The Morgan fingerprint density at radius 2 is 1.82 bits per heavy atom. The molecule has 2 unspecified atom stereocenters. The highest BCUT2D eigenvalue weighted by Gasteiger charge is 2.34. The third-order valence-corrected chi connectivity index (χ3v) is 2.45. The van der Waals surface area contributed by atoms with Gasteiger partial charge in [-0.15, -0.1) is 0 Å². The summed E-state index contributed by atoms with van der Waals surface area (Å²) in [6.45, 7) is 0.253. The van der Waals surface area contributed by atoms with Crippen LogP contribution < -0.4 is 5.32 Å². The van der Waals surface area contributed by atoms with Gasteiger partial charge in [0.25, 0.3) is 0 Å². The third-order valence-electron chi connectivity index (χ3n) is 2.45. The number of ether oxygens (including phenoxy) is 1. The minimum atomic E-state index is -1.06. The summed E-state index contributed by atoms with van der Waals surface area (Å²) in [6, 6.07) is 0. The number of carboxylic acid groups (broad SMARTS) is 2. The quantitative estimate of drug-likeness (QED) is 0.549. The molecule has 1 heterocycles. The largest absolute Gasteiger partial charge is 0.481 e. The van der Waals surface area contributed by atoms with E-state index in [1.54, 1.807) is 0 Å². The van der Waals surface area contributed by atoms with Crippen LogP contribution in [-0.4, -0.2) is 46.8 Å². The highest BCUT2D eigenvalue weighted by Crippen LogP contribution is 2.19. The number of hydrogen-bond acceptors (Lipinski definition) is 4. The molecule has 7 heteroatoms. The molecular weight excluding hydrogens is 230 g/mol. The summed E-state index contributed by atoms with van der Waals surface area (Å²) in [6.07, 6.45) is -0.616. The first kappa shape index (κ1) is 13.4. The van der Waals surface area contributed by atoms with E-state index < -0.39 is 24.1 Å². The second kappa shape index (κ2) is 6.19. The van der Waals surface area contributed by atoms with E-state index in [4.69, 9.17) is 14.9 Å². The molecular formula is C10H15NO6. The molecule has 7 nitrogen and oxygen atoms in total. The number of rotatable bonds is 6. The zero-order valence-corrected chi connectivity index (χ0v) is 9.22. The number of hydrogen-bond donors (Lipinski definition) is 3. The van der Waals surface area contributed by atoms with Gasteiger partial charge < -0.3 is 20.3 Å². The molecule has 0 aliphatic carbocycles. The van der Waals surface area contributed by atoms with E-state index in [0.29, 0.717) is 19.3 Å². The van der Waals surface area contributed by atoms with E-state index in [1.165, 1.54) is 0 Å². The molecule has 3 N–H and O–H groups in total. The Hall–Kier alpha value is -1.63. The molecule has 0 spiro atoms. The molecule has 2 atom stereocenters. The highest BCUT2D eigenvalue weighted by atomic mass is 16.5. The lowest BCUT2D eigenvalue weighted by Crippen LogP contribution is -2.36. The van der Waals surface area contributed by atoms with Crippen LogP contribution in [-0.2, 0) is 19.1 Å². The van der Waals surface area contributed by atoms with E-state index >= 15 is 0 Å². The molecule has 0 aromatic carbocycles. The summed E-state index contributed by atoms with van der Waals surface area (Å²) in [5.41, 5.74) is 0. The van der Waals surface area contributed by atoms with Crippen molar-refractivity contribution in [2.24, 2.45) is 0 Å². The number of carboxylic acids is 2. The highest BCUT2D eigenvalue weighted by molar-refractivity contribution is 5.82. The van der Waals surface area contributed by atoms with Crippen LogP contribution in [0.15, 0.2) is 0 Å². The Morgan fingerprint density at radius 3 is 2.35 bits per heavy atom. The molecule has 0 saturated carbocycles. The lowest BCUT2D eigenvalue weighted by Gasteiger charge is -2.11. The normalized spacial score (nSPS) is 23.3. The Labute approximate surface area is 97.8 Å². The van der Waals surface area contributed by atoms with Crippen LogP contribution in [0, 0.1) is 0 Å². The van der Waals surface area contributed by atoms with Crippen LogP contribution >= 0.6 is 0 Å². The fourth-order valence-electron chi connectivity index (χ4n) is 1.58. The minimum absolute atomic E-state index is 0.0104. The fourth-order valence-corrected chi connectivity index (χ4v) is 1.58. The second-order valence-corrected chi connectivity index (χ2v) is 3.82. The van der Waals surface area contributed by atoms with Gasteiger partial charge in [-0.25, -0.2) is 4.79 Å². The van der Waals surface area contributed by atoms with Gasteiger partial charge in [-0.3, -0.25) is 9.59 Å². The first-order valence-corrected chi connectivity index (χ1v) is 5.38. The molecule has 17 heavy (non-hydrogen) atoms. The van der Waals surface area contributed by atoms with Gasteiger partial charge in [0.15, 0.2) is 6.10 Å². The van der Waals surface area contributed by atoms with Crippen molar-refractivity contribution in [1.82, 2.24) is 5.32 Å². The smallest absolute Gasteiger partial charge is 0.332 e. The second-order valence-electron chi connectivity index (χ2n) is 3.82. The molecule has 0 radical (unpaired) electrons. The zero-order valence-electron chi connectivity index (χ0n) is 9.22. The molecule has 1 aliphatic rings. The molecule has 96 valence electrons. The SMILES string of the molecule is O=C(O)CCCNC(=O)C1CCC(C(=O)O)O1. The molecule has 1 fully saturated rings. The van der Waals surface area contributed by atoms with Gasteiger partial charge in [0.05, 0.1) is 0 Å².